The Morgan fingerprint density at radius 1 is 1.39 bits per heavy atom. The molecule has 3 nitrogen and oxygen atoms in total. The Morgan fingerprint density at radius 3 is 2.67 bits per heavy atom. The van der Waals surface area contributed by atoms with Crippen molar-refractivity contribution in [2.24, 2.45) is 11.7 Å². The molecular formula is C13H16F2N2O. The highest BCUT2D eigenvalue weighted by Gasteiger charge is 2.46. The molecule has 1 aromatic carbocycles. The number of nitrogens with two attached hydrogens (primary N) is 1. The second kappa shape index (κ2) is 5.44. The summed E-state index contributed by atoms with van der Waals surface area (Å²) in [5.74, 6) is -1.93. The zero-order valence-electron chi connectivity index (χ0n) is 9.96. The number of rotatable bonds is 5. The Morgan fingerprint density at radius 2 is 2.06 bits per heavy atom. The van der Waals surface area contributed by atoms with E-state index in [0.29, 0.717) is 25.9 Å². The van der Waals surface area contributed by atoms with Crippen molar-refractivity contribution in [3.63, 3.8) is 0 Å². The van der Waals surface area contributed by atoms with E-state index in [1.165, 1.54) is 18.2 Å². The number of carbonyl (C=O) groups excluding carboxylic acids is 1. The van der Waals surface area contributed by atoms with Gasteiger partial charge in [-0.2, -0.15) is 0 Å². The van der Waals surface area contributed by atoms with E-state index in [9.17, 15) is 13.6 Å². The van der Waals surface area contributed by atoms with Gasteiger partial charge in [-0.05, 0) is 31.5 Å². The lowest BCUT2D eigenvalue weighted by molar-refractivity contribution is -0.122. The fraction of sp³-hybridized carbons (Fsp3) is 0.462. The monoisotopic (exact) mass is 254 g/mol. The van der Waals surface area contributed by atoms with Gasteiger partial charge in [0.05, 0.1) is 0 Å². The number of nitrogens with one attached hydrogen (secondary N) is 1. The Balaban J connectivity index is 1.96. The second-order valence-electron chi connectivity index (χ2n) is 4.52. The van der Waals surface area contributed by atoms with Gasteiger partial charge in [0.25, 0.3) is 0 Å². The van der Waals surface area contributed by atoms with Gasteiger partial charge in [0.1, 0.15) is 11.6 Å². The van der Waals surface area contributed by atoms with Gasteiger partial charge in [-0.15, -0.1) is 0 Å². The molecule has 1 fully saturated rings. The topological polar surface area (TPSA) is 55.1 Å². The number of benzene rings is 1. The Bertz CT molecular complexity index is 430. The van der Waals surface area contributed by atoms with Crippen LogP contribution in [0.1, 0.15) is 24.3 Å². The van der Waals surface area contributed by atoms with Crippen molar-refractivity contribution >= 4 is 5.91 Å². The predicted octanol–water partition coefficient (Wildman–Crippen LogP) is 1.53. The molecule has 1 saturated carbocycles. The van der Waals surface area contributed by atoms with Crippen LogP contribution in [0, 0.1) is 17.6 Å². The van der Waals surface area contributed by atoms with Crippen LogP contribution in [-0.2, 0) is 4.79 Å². The normalized spacial score (nSPS) is 21.7. The molecule has 1 aromatic rings. The van der Waals surface area contributed by atoms with Gasteiger partial charge in [-0.3, -0.25) is 4.79 Å². The number of halogens is 2. The van der Waals surface area contributed by atoms with Crippen molar-refractivity contribution in [3.05, 3.63) is 35.4 Å². The van der Waals surface area contributed by atoms with Crippen molar-refractivity contribution in [1.82, 2.24) is 5.32 Å². The standard InChI is InChI=1S/C13H16F2N2O/c14-10-3-1-4-11(15)12(10)8-7-9(8)13(18)17-6-2-5-16/h1,3-4,8-9H,2,5-7,16H2,(H,17,18). The summed E-state index contributed by atoms with van der Waals surface area (Å²) in [7, 11) is 0. The molecule has 1 amide bonds. The lowest BCUT2D eigenvalue weighted by Gasteiger charge is -2.05. The van der Waals surface area contributed by atoms with E-state index >= 15 is 0 Å². The fourth-order valence-electron chi connectivity index (χ4n) is 2.11. The Kier molecular flexibility index (Phi) is 3.91. The van der Waals surface area contributed by atoms with Crippen molar-refractivity contribution in [1.29, 1.82) is 0 Å². The minimum atomic E-state index is -0.572. The van der Waals surface area contributed by atoms with E-state index in [4.69, 9.17) is 5.73 Å². The molecule has 0 radical (unpaired) electrons. The summed E-state index contributed by atoms with van der Waals surface area (Å²) in [6.07, 6.45) is 1.21. The van der Waals surface area contributed by atoms with Crippen molar-refractivity contribution in [3.8, 4) is 0 Å². The molecule has 1 aliphatic carbocycles. The summed E-state index contributed by atoms with van der Waals surface area (Å²) in [5, 5.41) is 2.72. The van der Waals surface area contributed by atoms with E-state index in [-0.39, 0.29) is 23.3 Å². The largest absolute Gasteiger partial charge is 0.356 e. The van der Waals surface area contributed by atoms with Crippen LogP contribution in [0.2, 0.25) is 0 Å². The van der Waals surface area contributed by atoms with Gasteiger partial charge >= 0.3 is 0 Å². The fourth-order valence-corrected chi connectivity index (χ4v) is 2.11. The summed E-state index contributed by atoms with van der Waals surface area (Å²) in [4.78, 5) is 11.7. The van der Waals surface area contributed by atoms with Crippen molar-refractivity contribution < 1.29 is 13.6 Å². The van der Waals surface area contributed by atoms with Gasteiger partial charge in [-0.1, -0.05) is 6.07 Å². The van der Waals surface area contributed by atoms with Crippen LogP contribution in [0.15, 0.2) is 18.2 Å². The van der Waals surface area contributed by atoms with Gasteiger partial charge in [0.2, 0.25) is 5.91 Å². The van der Waals surface area contributed by atoms with E-state index in [2.05, 4.69) is 5.32 Å². The highest BCUT2D eigenvalue weighted by molar-refractivity contribution is 5.82. The molecule has 0 aromatic heterocycles. The first kappa shape index (κ1) is 13.0. The molecule has 1 aliphatic rings. The third-order valence-corrected chi connectivity index (χ3v) is 3.18. The Labute approximate surface area is 104 Å². The third-order valence-electron chi connectivity index (χ3n) is 3.18. The number of hydrogen-bond acceptors (Lipinski definition) is 2. The molecule has 98 valence electrons. The van der Waals surface area contributed by atoms with Crippen molar-refractivity contribution in [2.75, 3.05) is 13.1 Å². The maximum atomic E-state index is 13.5. The molecule has 0 saturated heterocycles. The van der Waals surface area contributed by atoms with E-state index in [1.807, 2.05) is 0 Å². The maximum absolute atomic E-state index is 13.5. The van der Waals surface area contributed by atoms with Crippen molar-refractivity contribution in [2.45, 2.75) is 18.8 Å². The van der Waals surface area contributed by atoms with E-state index in [1.54, 1.807) is 0 Å². The van der Waals surface area contributed by atoms with Crippen LogP contribution < -0.4 is 11.1 Å². The molecule has 2 rings (SSSR count). The average molecular weight is 254 g/mol. The van der Waals surface area contributed by atoms with Gasteiger partial charge in [0, 0.05) is 23.9 Å². The van der Waals surface area contributed by atoms with E-state index < -0.39 is 11.6 Å². The Hall–Kier alpha value is -1.49. The lowest BCUT2D eigenvalue weighted by Crippen LogP contribution is -2.27. The first-order valence-electron chi connectivity index (χ1n) is 6.07. The molecule has 18 heavy (non-hydrogen) atoms. The summed E-state index contributed by atoms with van der Waals surface area (Å²) in [5.41, 5.74) is 5.35. The summed E-state index contributed by atoms with van der Waals surface area (Å²) < 4.78 is 27.0. The van der Waals surface area contributed by atoms with Gasteiger partial charge < -0.3 is 11.1 Å². The number of hydrogen-bond donors (Lipinski definition) is 2. The SMILES string of the molecule is NCCCNC(=O)C1CC1c1c(F)cccc1F. The van der Waals surface area contributed by atoms with Crippen LogP contribution in [0.4, 0.5) is 8.78 Å². The van der Waals surface area contributed by atoms with Crippen LogP contribution in [-0.4, -0.2) is 19.0 Å². The van der Waals surface area contributed by atoms with Crippen LogP contribution in [0.25, 0.3) is 0 Å². The predicted molar refractivity (Wildman–Crippen MR) is 63.9 cm³/mol. The number of amides is 1. The molecule has 2 atom stereocenters. The van der Waals surface area contributed by atoms with Crippen LogP contribution in [0.5, 0.6) is 0 Å². The molecule has 0 bridgehead atoms. The quantitative estimate of drug-likeness (QED) is 0.783. The van der Waals surface area contributed by atoms with Crippen LogP contribution in [0.3, 0.4) is 0 Å². The summed E-state index contributed by atoms with van der Waals surface area (Å²) in [6, 6.07) is 3.77. The first-order chi connectivity index (χ1) is 8.65. The third kappa shape index (κ3) is 2.67. The molecule has 3 N–H and O–H groups in total. The molecule has 0 heterocycles. The minimum absolute atomic E-state index is 0.0384. The highest BCUT2D eigenvalue weighted by Crippen LogP contribution is 2.49. The molecular weight excluding hydrogens is 238 g/mol. The zero-order valence-corrected chi connectivity index (χ0v) is 9.96. The number of carbonyl (C=O) groups is 1. The maximum Gasteiger partial charge on any atom is 0.223 e. The smallest absolute Gasteiger partial charge is 0.223 e. The molecule has 0 aliphatic heterocycles. The summed E-state index contributed by atoms with van der Waals surface area (Å²) >= 11 is 0. The van der Waals surface area contributed by atoms with Gasteiger partial charge in [-0.25, -0.2) is 8.78 Å². The summed E-state index contributed by atoms with van der Waals surface area (Å²) in [6.45, 7) is 1.02. The molecule has 0 spiro atoms. The average Bonchev–Trinajstić information content (AvgIpc) is 3.09. The van der Waals surface area contributed by atoms with Crippen LogP contribution >= 0.6 is 0 Å². The van der Waals surface area contributed by atoms with Gasteiger partial charge in [0.15, 0.2) is 0 Å². The first-order valence-corrected chi connectivity index (χ1v) is 6.07. The minimum Gasteiger partial charge on any atom is -0.356 e. The molecule has 5 heteroatoms. The zero-order chi connectivity index (χ0) is 13.1. The molecule has 2 unspecified atom stereocenters. The highest BCUT2D eigenvalue weighted by atomic mass is 19.1. The lowest BCUT2D eigenvalue weighted by atomic mass is 10.1. The second-order valence-corrected chi connectivity index (χ2v) is 4.52. The van der Waals surface area contributed by atoms with E-state index in [0.717, 1.165) is 0 Å².